The van der Waals surface area contributed by atoms with Crippen LogP contribution in [0.5, 0.6) is 5.88 Å². The van der Waals surface area contributed by atoms with E-state index in [2.05, 4.69) is 10.3 Å². The van der Waals surface area contributed by atoms with Gasteiger partial charge in [0.1, 0.15) is 5.56 Å². The van der Waals surface area contributed by atoms with Crippen molar-refractivity contribution in [2.75, 3.05) is 11.9 Å². The minimum absolute atomic E-state index is 0.271. The number of anilines is 1. The maximum absolute atomic E-state index is 12.3. The highest BCUT2D eigenvalue weighted by Gasteiger charge is 2.14. The Morgan fingerprint density at radius 2 is 2.20 bits per heavy atom. The zero-order chi connectivity index (χ0) is 14.5. The van der Waals surface area contributed by atoms with Gasteiger partial charge in [0.05, 0.1) is 6.61 Å². The van der Waals surface area contributed by atoms with Gasteiger partial charge < -0.3 is 10.1 Å². The monoisotopic (exact) mass is 290 g/mol. The molecule has 1 N–H and O–H groups in total. The standard InChI is InChI=1S/C15H15ClN2O2/c1-3-20-15-12(5-4-8-17-15)14(19)18-13-9-11(16)7-6-10(13)2/h4-9H,3H2,1-2H3,(H,18,19). The molecule has 4 nitrogen and oxygen atoms in total. The molecule has 1 aromatic heterocycles. The van der Waals surface area contributed by atoms with Gasteiger partial charge in [0.2, 0.25) is 5.88 Å². The Morgan fingerprint density at radius 1 is 1.40 bits per heavy atom. The number of amides is 1. The molecule has 0 spiro atoms. The van der Waals surface area contributed by atoms with Crippen molar-refractivity contribution in [2.45, 2.75) is 13.8 Å². The van der Waals surface area contributed by atoms with Gasteiger partial charge in [-0.15, -0.1) is 0 Å². The van der Waals surface area contributed by atoms with E-state index in [-0.39, 0.29) is 5.91 Å². The van der Waals surface area contributed by atoms with Crippen molar-refractivity contribution in [3.8, 4) is 5.88 Å². The SMILES string of the molecule is CCOc1ncccc1C(=O)Nc1cc(Cl)ccc1C. The minimum Gasteiger partial charge on any atom is -0.477 e. The summed E-state index contributed by atoms with van der Waals surface area (Å²) in [6, 6.07) is 8.72. The van der Waals surface area contributed by atoms with Crippen LogP contribution in [0.25, 0.3) is 0 Å². The predicted octanol–water partition coefficient (Wildman–Crippen LogP) is 3.69. The molecule has 20 heavy (non-hydrogen) atoms. The number of halogens is 1. The Morgan fingerprint density at radius 3 is 2.95 bits per heavy atom. The van der Waals surface area contributed by atoms with Crippen LogP contribution in [0.4, 0.5) is 5.69 Å². The van der Waals surface area contributed by atoms with Gasteiger partial charge in [-0.2, -0.15) is 0 Å². The molecule has 1 heterocycles. The molecular weight excluding hydrogens is 276 g/mol. The van der Waals surface area contributed by atoms with E-state index in [1.165, 1.54) is 0 Å². The fraction of sp³-hybridized carbons (Fsp3) is 0.200. The minimum atomic E-state index is -0.271. The van der Waals surface area contributed by atoms with E-state index in [0.29, 0.717) is 28.8 Å². The van der Waals surface area contributed by atoms with E-state index in [1.54, 1.807) is 30.5 Å². The van der Waals surface area contributed by atoms with Gasteiger partial charge in [0.25, 0.3) is 5.91 Å². The number of hydrogen-bond donors (Lipinski definition) is 1. The molecule has 5 heteroatoms. The summed E-state index contributed by atoms with van der Waals surface area (Å²) in [4.78, 5) is 16.4. The molecule has 1 aromatic carbocycles. The zero-order valence-electron chi connectivity index (χ0n) is 11.3. The average molecular weight is 291 g/mol. The van der Waals surface area contributed by atoms with Crippen molar-refractivity contribution in [2.24, 2.45) is 0 Å². The smallest absolute Gasteiger partial charge is 0.261 e. The maximum atomic E-state index is 12.3. The Balaban J connectivity index is 2.26. The molecule has 0 unspecified atom stereocenters. The maximum Gasteiger partial charge on any atom is 0.261 e. The summed E-state index contributed by atoms with van der Waals surface area (Å²) >= 11 is 5.94. The van der Waals surface area contributed by atoms with E-state index >= 15 is 0 Å². The Labute approximate surface area is 122 Å². The first-order valence-electron chi connectivity index (χ1n) is 6.27. The Bertz CT molecular complexity index is 629. The molecule has 0 fully saturated rings. The molecule has 2 rings (SSSR count). The number of benzene rings is 1. The number of hydrogen-bond acceptors (Lipinski definition) is 3. The van der Waals surface area contributed by atoms with E-state index < -0.39 is 0 Å². The highest BCUT2D eigenvalue weighted by molar-refractivity contribution is 6.31. The zero-order valence-corrected chi connectivity index (χ0v) is 12.1. The quantitative estimate of drug-likeness (QED) is 0.934. The van der Waals surface area contributed by atoms with Crippen molar-refractivity contribution in [1.82, 2.24) is 4.98 Å². The fourth-order valence-electron chi connectivity index (χ4n) is 1.73. The van der Waals surface area contributed by atoms with Crippen molar-refractivity contribution < 1.29 is 9.53 Å². The first kappa shape index (κ1) is 14.3. The Hall–Kier alpha value is -2.07. The lowest BCUT2D eigenvalue weighted by atomic mass is 10.2. The first-order chi connectivity index (χ1) is 9.61. The number of pyridine rings is 1. The summed E-state index contributed by atoms with van der Waals surface area (Å²) in [5.41, 5.74) is 2.01. The molecule has 2 aromatic rings. The third kappa shape index (κ3) is 3.27. The summed E-state index contributed by atoms with van der Waals surface area (Å²) in [5.74, 6) is 0.0547. The molecule has 0 aliphatic carbocycles. The van der Waals surface area contributed by atoms with Gasteiger partial charge in [0, 0.05) is 16.9 Å². The second-order valence-corrected chi connectivity index (χ2v) is 4.64. The van der Waals surface area contributed by atoms with Crippen molar-refractivity contribution >= 4 is 23.2 Å². The molecule has 104 valence electrons. The summed E-state index contributed by atoms with van der Waals surface area (Å²) in [7, 11) is 0. The van der Waals surface area contributed by atoms with E-state index in [1.807, 2.05) is 19.9 Å². The van der Waals surface area contributed by atoms with Crippen LogP contribution in [-0.2, 0) is 0 Å². The average Bonchev–Trinajstić information content (AvgIpc) is 2.44. The number of carbonyl (C=O) groups excluding carboxylic acids is 1. The third-order valence-corrected chi connectivity index (χ3v) is 2.98. The number of carbonyl (C=O) groups is 1. The van der Waals surface area contributed by atoms with Gasteiger partial charge in [0.15, 0.2) is 0 Å². The number of rotatable bonds is 4. The molecule has 0 atom stereocenters. The van der Waals surface area contributed by atoms with E-state index in [9.17, 15) is 4.79 Å². The first-order valence-corrected chi connectivity index (χ1v) is 6.65. The summed E-state index contributed by atoms with van der Waals surface area (Å²) in [6.07, 6.45) is 1.59. The lowest BCUT2D eigenvalue weighted by Crippen LogP contribution is -2.15. The second-order valence-electron chi connectivity index (χ2n) is 4.20. The molecular formula is C15H15ClN2O2. The van der Waals surface area contributed by atoms with Gasteiger partial charge in [-0.05, 0) is 43.7 Å². The number of aromatic nitrogens is 1. The van der Waals surface area contributed by atoms with Crippen LogP contribution in [0.1, 0.15) is 22.8 Å². The van der Waals surface area contributed by atoms with E-state index in [0.717, 1.165) is 5.56 Å². The normalized spacial score (nSPS) is 10.2. The van der Waals surface area contributed by atoms with Crippen LogP contribution < -0.4 is 10.1 Å². The number of nitrogens with one attached hydrogen (secondary N) is 1. The molecule has 0 radical (unpaired) electrons. The van der Waals surface area contributed by atoms with Gasteiger partial charge in [-0.25, -0.2) is 4.98 Å². The van der Waals surface area contributed by atoms with Crippen LogP contribution in [-0.4, -0.2) is 17.5 Å². The largest absolute Gasteiger partial charge is 0.477 e. The van der Waals surface area contributed by atoms with Crippen LogP contribution in [0.3, 0.4) is 0 Å². The Kier molecular flexibility index (Phi) is 4.58. The predicted molar refractivity (Wildman–Crippen MR) is 79.5 cm³/mol. The van der Waals surface area contributed by atoms with Gasteiger partial charge >= 0.3 is 0 Å². The molecule has 1 amide bonds. The lowest BCUT2D eigenvalue weighted by molar-refractivity contribution is 0.102. The number of nitrogens with zero attached hydrogens (tertiary/aromatic N) is 1. The topological polar surface area (TPSA) is 51.2 Å². The van der Waals surface area contributed by atoms with Crippen LogP contribution in [0.15, 0.2) is 36.5 Å². The number of aryl methyl sites for hydroxylation is 1. The van der Waals surface area contributed by atoms with Crippen LogP contribution in [0.2, 0.25) is 5.02 Å². The van der Waals surface area contributed by atoms with Gasteiger partial charge in [-0.3, -0.25) is 4.79 Å². The summed E-state index contributed by atoms with van der Waals surface area (Å²) in [5, 5.41) is 3.39. The summed E-state index contributed by atoms with van der Waals surface area (Å²) in [6.45, 7) is 4.20. The van der Waals surface area contributed by atoms with Crippen LogP contribution >= 0.6 is 11.6 Å². The third-order valence-electron chi connectivity index (χ3n) is 2.74. The van der Waals surface area contributed by atoms with Gasteiger partial charge in [-0.1, -0.05) is 17.7 Å². The molecule has 0 bridgehead atoms. The molecule has 0 aliphatic heterocycles. The fourth-order valence-corrected chi connectivity index (χ4v) is 1.91. The molecule has 0 saturated carbocycles. The molecule has 0 aliphatic rings. The van der Waals surface area contributed by atoms with Crippen molar-refractivity contribution in [3.63, 3.8) is 0 Å². The highest BCUT2D eigenvalue weighted by atomic mass is 35.5. The second kappa shape index (κ2) is 6.39. The number of ether oxygens (including phenoxy) is 1. The van der Waals surface area contributed by atoms with Crippen molar-refractivity contribution in [1.29, 1.82) is 0 Å². The summed E-state index contributed by atoms with van der Waals surface area (Å²) < 4.78 is 5.35. The molecule has 0 saturated heterocycles. The van der Waals surface area contributed by atoms with Crippen molar-refractivity contribution in [3.05, 3.63) is 52.7 Å². The lowest BCUT2D eigenvalue weighted by Gasteiger charge is -2.11. The van der Waals surface area contributed by atoms with E-state index in [4.69, 9.17) is 16.3 Å². The highest BCUT2D eigenvalue weighted by Crippen LogP contribution is 2.22. The van der Waals surface area contributed by atoms with Crippen LogP contribution in [0, 0.1) is 6.92 Å².